The number of rotatable bonds is 7. The lowest BCUT2D eigenvalue weighted by molar-refractivity contribution is -0.124. The van der Waals surface area contributed by atoms with Gasteiger partial charge < -0.3 is 19.8 Å². The van der Waals surface area contributed by atoms with Crippen molar-refractivity contribution < 1.29 is 23.9 Å². The lowest BCUT2D eigenvalue weighted by Gasteiger charge is -2.16. The number of aryl methyl sites for hydroxylation is 1. The number of carbonyl (C=O) groups is 3. The van der Waals surface area contributed by atoms with Crippen molar-refractivity contribution in [3.8, 4) is 0 Å². The van der Waals surface area contributed by atoms with Crippen LogP contribution in [-0.2, 0) is 14.3 Å². The Balaban J connectivity index is 1.64. The van der Waals surface area contributed by atoms with Crippen molar-refractivity contribution in [1.29, 1.82) is 0 Å². The zero-order valence-electron chi connectivity index (χ0n) is 18.1. The second-order valence-electron chi connectivity index (χ2n) is 7.28. The van der Waals surface area contributed by atoms with Crippen LogP contribution in [0.3, 0.4) is 0 Å². The number of benzene rings is 2. The van der Waals surface area contributed by atoms with E-state index < -0.39 is 24.5 Å². The van der Waals surface area contributed by atoms with Crippen molar-refractivity contribution in [1.82, 2.24) is 10.3 Å². The van der Waals surface area contributed by atoms with Gasteiger partial charge in [0.2, 0.25) is 0 Å². The predicted octanol–water partition coefficient (Wildman–Crippen LogP) is 4.00. The first-order chi connectivity index (χ1) is 14.8. The first-order valence-corrected chi connectivity index (χ1v) is 10.1. The van der Waals surface area contributed by atoms with Gasteiger partial charge in [0.05, 0.1) is 18.2 Å². The smallest absolute Gasteiger partial charge is 0.355 e. The normalized spacial score (nSPS) is 11.7. The van der Waals surface area contributed by atoms with Crippen LogP contribution in [-0.4, -0.2) is 36.0 Å². The van der Waals surface area contributed by atoms with Crippen LogP contribution in [0.2, 0.25) is 0 Å². The highest BCUT2D eigenvalue weighted by atomic mass is 16.5. The minimum Gasteiger partial charge on any atom is -0.462 e. The van der Waals surface area contributed by atoms with E-state index in [0.29, 0.717) is 16.8 Å². The zero-order valence-corrected chi connectivity index (χ0v) is 18.1. The summed E-state index contributed by atoms with van der Waals surface area (Å²) in [4.78, 5) is 39.8. The molecule has 3 rings (SSSR count). The monoisotopic (exact) mass is 422 g/mol. The Hall–Kier alpha value is -3.61. The van der Waals surface area contributed by atoms with Gasteiger partial charge in [0.1, 0.15) is 5.69 Å². The molecule has 2 aromatic carbocycles. The molecule has 0 aliphatic carbocycles. The van der Waals surface area contributed by atoms with E-state index in [-0.39, 0.29) is 18.3 Å². The molecule has 0 radical (unpaired) electrons. The zero-order chi connectivity index (χ0) is 22.5. The Kier molecular flexibility index (Phi) is 6.74. The van der Waals surface area contributed by atoms with Crippen molar-refractivity contribution in [3.05, 3.63) is 70.5 Å². The average molecular weight is 422 g/mol. The molecule has 1 amide bonds. The maximum atomic E-state index is 12.5. The number of ether oxygens (including phenoxy) is 2. The van der Waals surface area contributed by atoms with Crippen LogP contribution in [0.4, 0.5) is 0 Å². The van der Waals surface area contributed by atoms with Gasteiger partial charge in [0.25, 0.3) is 5.91 Å². The summed E-state index contributed by atoms with van der Waals surface area (Å²) in [5.74, 6) is -1.63. The molecule has 162 valence electrons. The molecule has 0 unspecified atom stereocenters. The van der Waals surface area contributed by atoms with E-state index in [1.807, 2.05) is 49.4 Å². The van der Waals surface area contributed by atoms with Gasteiger partial charge in [-0.25, -0.2) is 9.59 Å². The Morgan fingerprint density at radius 3 is 2.45 bits per heavy atom. The Morgan fingerprint density at radius 1 is 1.00 bits per heavy atom. The number of esters is 2. The van der Waals surface area contributed by atoms with E-state index in [9.17, 15) is 14.4 Å². The highest BCUT2D eigenvalue weighted by molar-refractivity contribution is 5.99. The molecule has 0 aliphatic rings. The molecule has 7 nitrogen and oxygen atoms in total. The van der Waals surface area contributed by atoms with Crippen LogP contribution < -0.4 is 5.32 Å². The van der Waals surface area contributed by atoms with Crippen LogP contribution in [0.1, 0.15) is 57.6 Å². The number of aromatic amines is 1. The van der Waals surface area contributed by atoms with E-state index in [2.05, 4.69) is 10.3 Å². The Bertz CT molecular complexity index is 1130. The third-order valence-corrected chi connectivity index (χ3v) is 5.12. The number of amides is 1. The van der Waals surface area contributed by atoms with Gasteiger partial charge in [-0.05, 0) is 49.6 Å². The molecular formula is C24H26N2O5. The molecule has 0 fully saturated rings. The number of H-pyrrole nitrogens is 1. The summed E-state index contributed by atoms with van der Waals surface area (Å²) in [6, 6.07) is 13.6. The maximum absolute atomic E-state index is 12.5. The highest BCUT2D eigenvalue weighted by Gasteiger charge is 2.24. The summed E-state index contributed by atoms with van der Waals surface area (Å²) < 4.78 is 10.2. The van der Waals surface area contributed by atoms with Crippen LogP contribution in [0.15, 0.2) is 42.5 Å². The number of nitrogens with one attached hydrogen (secondary N) is 2. The number of hydrogen-bond acceptors (Lipinski definition) is 5. The summed E-state index contributed by atoms with van der Waals surface area (Å²) >= 11 is 0. The topological polar surface area (TPSA) is 97.5 Å². The van der Waals surface area contributed by atoms with Gasteiger partial charge in [-0.1, -0.05) is 42.5 Å². The van der Waals surface area contributed by atoms with Gasteiger partial charge >= 0.3 is 11.9 Å². The van der Waals surface area contributed by atoms with E-state index in [1.165, 1.54) is 0 Å². The number of aromatic nitrogens is 1. The van der Waals surface area contributed by atoms with Gasteiger partial charge in [0, 0.05) is 5.69 Å². The molecule has 0 bridgehead atoms. The summed E-state index contributed by atoms with van der Waals surface area (Å²) in [6.45, 7) is 6.70. The maximum Gasteiger partial charge on any atom is 0.355 e. The molecule has 2 N–H and O–H groups in total. The molecule has 31 heavy (non-hydrogen) atoms. The fraction of sp³-hybridized carbons (Fsp3) is 0.292. The van der Waals surface area contributed by atoms with E-state index in [4.69, 9.17) is 9.47 Å². The minimum atomic E-state index is -0.705. The third-order valence-electron chi connectivity index (χ3n) is 5.12. The number of carbonyl (C=O) groups excluding carboxylic acids is 3. The first-order valence-electron chi connectivity index (χ1n) is 10.1. The SMILES string of the molecule is CCOC(=O)c1c(C)[nH]c(C(=O)OCC(=O)N[C@@H](C)c2cccc3ccccc23)c1C. The van der Waals surface area contributed by atoms with Crippen molar-refractivity contribution in [3.63, 3.8) is 0 Å². The van der Waals surface area contributed by atoms with Crippen LogP contribution in [0, 0.1) is 13.8 Å². The standard InChI is InChI=1S/C24H26N2O5/c1-5-30-23(28)21-14(2)22(26-16(21)4)24(29)31-13-20(27)25-15(3)18-12-8-10-17-9-6-7-11-19(17)18/h6-12,15,26H,5,13H2,1-4H3,(H,25,27)/t15-/m0/s1. The first kappa shape index (κ1) is 22.1. The lowest BCUT2D eigenvalue weighted by atomic mass is 10.00. The summed E-state index contributed by atoms with van der Waals surface area (Å²) in [5, 5.41) is 5.00. The second-order valence-corrected chi connectivity index (χ2v) is 7.28. The molecule has 1 aromatic heterocycles. The van der Waals surface area contributed by atoms with Gasteiger partial charge in [-0.2, -0.15) is 0 Å². The highest BCUT2D eigenvalue weighted by Crippen LogP contribution is 2.24. The van der Waals surface area contributed by atoms with E-state index in [0.717, 1.165) is 16.3 Å². The molecule has 1 atom stereocenters. The largest absolute Gasteiger partial charge is 0.462 e. The summed E-state index contributed by atoms with van der Waals surface area (Å²) in [5.41, 5.74) is 2.37. The van der Waals surface area contributed by atoms with Gasteiger partial charge in [-0.3, -0.25) is 4.79 Å². The molecule has 3 aromatic rings. The van der Waals surface area contributed by atoms with E-state index >= 15 is 0 Å². The van der Waals surface area contributed by atoms with Gasteiger partial charge in [0.15, 0.2) is 6.61 Å². The van der Waals surface area contributed by atoms with E-state index in [1.54, 1.807) is 20.8 Å². The van der Waals surface area contributed by atoms with Crippen LogP contribution in [0.25, 0.3) is 10.8 Å². The predicted molar refractivity (Wildman–Crippen MR) is 117 cm³/mol. The minimum absolute atomic E-state index is 0.135. The van der Waals surface area contributed by atoms with Crippen LogP contribution in [0.5, 0.6) is 0 Å². The fourth-order valence-corrected chi connectivity index (χ4v) is 3.66. The molecular weight excluding hydrogens is 396 g/mol. The summed E-state index contributed by atoms with van der Waals surface area (Å²) in [6.07, 6.45) is 0. The second kappa shape index (κ2) is 9.47. The van der Waals surface area contributed by atoms with Crippen molar-refractivity contribution in [2.75, 3.05) is 13.2 Å². The molecule has 1 heterocycles. The molecule has 0 aliphatic heterocycles. The van der Waals surface area contributed by atoms with Crippen molar-refractivity contribution >= 4 is 28.6 Å². The average Bonchev–Trinajstić information content (AvgIpc) is 3.05. The molecule has 0 saturated carbocycles. The lowest BCUT2D eigenvalue weighted by Crippen LogP contribution is -2.31. The Labute approximate surface area is 180 Å². The quantitative estimate of drug-likeness (QED) is 0.561. The molecule has 0 saturated heterocycles. The van der Waals surface area contributed by atoms with Crippen molar-refractivity contribution in [2.24, 2.45) is 0 Å². The Morgan fingerprint density at radius 2 is 1.71 bits per heavy atom. The third kappa shape index (κ3) is 4.77. The molecule has 7 heteroatoms. The number of fused-ring (bicyclic) bond motifs is 1. The van der Waals surface area contributed by atoms with Gasteiger partial charge in [-0.15, -0.1) is 0 Å². The summed E-state index contributed by atoms with van der Waals surface area (Å²) in [7, 11) is 0. The fourth-order valence-electron chi connectivity index (χ4n) is 3.66. The number of hydrogen-bond donors (Lipinski definition) is 2. The van der Waals surface area contributed by atoms with Crippen LogP contribution >= 0.6 is 0 Å². The molecule has 0 spiro atoms. The van der Waals surface area contributed by atoms with Crippen molar-refractivity contribution in [2.45, 2.75) is 33.7 Å².